The molecule has 2 aromatic heterocycles. The Kier molecular flexibility index (Phi) is 7.54. The minimum atomic E-state index is -3.54. The summed E-state index contributed by atoms with van der Waals surface area (Å²) in [5.74, 6) is 0.704. The van der Waals surface area contributed by atoms with Gasteiger partial charge in [0.25, 0.3) is 5.91 Å². The standard InChI is InChI=1S/C24H29N5O5S/c1-3-4-13-35(31,32)27-20-14-19(16-25-24(20)33-2)18-7-8-22-21(15-18)29(23(30)17-34-22)12-6-11-28-10-5-9-26-28/h5,7-10,14-16,27H,3-4,6,11-13,17H2,1-2H3. The summed E-state index contributed by atoms with van der Waals surface area (Å²) in [7, 11) is -2.10. The average Bonchev–Trinajstić information content (AvgIpc) is 3.37. The number of pyridine rings is 1. The first-order valence-corrected chi connectivity index (χ1v) is 13.1. The molecule has 186 valence electrons. The summed E-state index contributed by atoms with van der Waals surface area (Å²) in [5, 5.41) is 4.20. The molecule has 1 aromatic carbocycles. The highest BCUT2D eigenvalue weighted by Crippen LogP contribution is 2.37. The zero-order valence-corrected chi connectivity index (χ0v) is 20.6. The predicted octanol–water partition coefficient (Wildman–Crippen LogP) is 3.31. The molecule has 11 heteroatoms. The lowest BCUT2D eigenvalue weighted by molar-refractivity contribution is -0.121. The number of amides is 1. The van der Waals surface area contributed by atoms with E-state index in [9.17, 15) is 13.2 Å². The Morgan fingerprint density at radius 2 is 2.03 bits per heavy atom. The number of methoxy groups -OCH3 is 1. The van der Waals surface area contributed by atoms with Gasteiger partial charge in [-0.25, -0.2) is 13.4 Å². The Balaban J connectivity index is 1.60. The maximum absolute atomic E-state index is 12.7. The monoisotopic (exact) mass is 499 g/mol. The van der Waals surface area contributed by atoms with Crippen molar-refractivity contribution in [3.8, 4) is 22.8 Å². The molecule has 1 aliphatic heterocycles. The number of carbonyl (C=O) groups excluding carboxylic acids is 1. The van der Waals surface area contributed by atoms with Gasteiger partial charge in [-0.1, -0.05) is 19.4 Å². The molecule has 0 saturated carbocycles. The summed E-state index contributed by atoms with van der Waals surface area (Å²) in [6.45, 7) is 3.13. The Morgan fingerprint density at radius 1 is 1.17 bits per heavy atom. The molecule has 4 rings (SSSR count). The van der Waals surface area contributed by atoms with Gasteiger partial charge in [-0.3, -0.25) is 14.2 Å². The fourth-order valence-electron chi connectivity index (χ4n) is 3.85. The van der Waals surface area contributed by atoms with E-state index in [0.717, 1.165) is 18.4 Å². The number of aromatic nitrogens is 3. The number of nitrogens with zero attached hydrogens (tertiary/aromatic N) is 4. The van der Waals surface area contributed by atoms with E-state index in [0.29, 0.717) is 36.5 Å². The van der Waals surface area contributed by atoms with Crippen LogP contribution in [-0.2, 0) is 21.4 Å². The number of ether oxygens (including phenoxy) is 2. The van der Waals surface area contributed by atoms with Gasteiger partial charge in [0, 0.05) is 37.2 Å². The van der Waals surface area contributed by atoms with Crippen molar-refractivity contribution < 1.29 is 22.7 Å². The van der Waals surface area contributed by atoms with Crippen molar-refractivity contribution in [2.24, 2.45) is 0 Å². The van der Waals surface area contributed by atoms with Gasteiger partial charge in [0.05, 0.1) is 18.6 Å². The van der Waals surface area contributed by atoms with Crippen LogP contribution in [0.2, 0.25) is 0 Å². The fraction of sp³-hybridized carbons (Fsp3) is 0.375. The van der Waals surface area contributed by atoms with E-state index in [4.69, 9.17) is 9.47 Å². The molecule has 1 N–H and O–H groups in total. The zero-order chi connectivity index (χ0) is 24.8. The normalized spacial score (nSPS) is 13.3. The number of benzene rings is 1. The summed E-state index contributed by atoms with van der Waals surface area (Å²) in [5.41, 5.74) is 2.38. The van der Waals surface area contributed by atoms with Gasteiger partial charge in [0.1, 0.15) is 11.4 Å². The van der Waals surface area contributed by atoms with Gasteiger partial charge in [0.15, 0.2) is 6.61 Å². The van der Waals surface area contributed by atoms with Crippen LogP contribution in [0.3, 0.4) is 0 Å². The lowest BCUT2D eigenvalue weighted by Gasteiger charge is -2.30. The van der Waals surface area contributed by atoms with Crippen LogP contribution in [0.4, 0.5) is 11.4 Å². The van der Waals surface area contributed by atoms with Gasteiger partial charge in [0.2, 0.25) is 15.9 Å². The van der Waals surface area contributed by atoms with Gasteiger partial charge >= 0.3 is 0 Å². The molecule has 0 spiro atoms. The molecule has 10 nitrogen and oxygen atoms in total. The number of aryl methyl sites for hydroxylation is 1. The highest BCUT2D eigenvalue weighted by atomic mass is 32.2. The first-order chi connectivity index (χ1) is 16.9. The summed E-state index contributed by atoms with van der Waals surface area (Å²) in [6.07, 6.45) is 7.27. The molecule has 3 aromatic rings. The third-order valence-corrected chi connectivity index (χ3v) is 7.00. The highest BCUT2D eigenvalue weighted by molar-refractivity contribution is 7.92. The van der Waals surface area contributed by atoms with Gasteiger partial charge in [-0.2, -0.15) is 5.10 Å². The molecule has 0 unspecified atom stereocenters. The maximum Gasteiger partial charge on any atom is 0.265 e. The van der Waals surface area contributed by atoms with Crippen LogP contribution in [0.5, 0.6) is 11.6 Å². The van der Waals surface area contributed by atoms with Crippen LogP contribution in [-0.4, -0.2) is 55.1 Å². The lowest BCUT2D eigenvalue weighted by atomic mass is 10.0. The molecule has 1 amide bonds. The SMILES string of the molecule is CCCCS(=O)(=O)Nc1cc(-c2ccc3c(c2)N(CCCn2cccn2)C(=O)CO3)cnc1OC. The summed E-state index contributed by atoms with van der Waals surface area (Å²) >= 11 is 0. The second kappa shape index (κ2) is 10.8. The van der Waals surface area contributed by atoms with Crippen LogP contribution >= 0.6 is 0 Å². The molecule has 0 saturated heterocycles. The lowest BCUT2D eigenvalue weighted by Crippen LogP contribution is -2.39. The summed E-state index contributed by atoms with van der Waals surface area (Å²) < 4.78 is 40.3. The Labute approximate surface area is 204 Å². The number of rotatable bonds is 11. The van der Waals surface area contributed by atoms with Gasteiger partial charge in [-0.05, 0) is 42.7 Å². The molecule has 0 radical (unpaired) electrons. The molecule has 1 aliphatic rings. The van der Waals surface area contributed by atoms with Crippen molar-refractivity contribution in [3.63, 3.8) is 0 Å². The van der Waals surface area contributed by atoms with Crippen molar-refractivity contribution in [3.05, 3.63) is 48.9 Å². The van der Waals surface area contributed by atoms with Crippen LogP contribution < -0.4 is 19.1 Å². The number of hydrogen-bond donors (Lipinski definition) is 1. The predicted molar refractivity (Wildman–Crippen MR) is 133 cm³/mol. The van der Waals surface area contributed by atoms with Crippen molar-refractivity contribution in [1.82, 2.24) is 14.8 Å². The van der Waals surface area contributed by atoms with Crippen LogP contribution in [0.15, 0.2) is 48.9 Å². The largest absolute Gasteiger partial charge is 0.482 e. The first-order valence-electron chi connectivity index (χ1n) is 11.5. The Bertz CT molecular complexity index is 1280. The van der Waals surface area contributed by atoms with Crippen LogP contribution in [0, 0.1) is 0 Å². The second-order valence-electron chi connectivity index (χ2n) is 8.19. The van der Waals surface area contributed by atoms with Crippen molar-refractivity contribution in [1.29, 1.82) is 0 Å². The number of carbonyl (C=O) groups is 1. The second-order valence-corrected chi connectivity index (χ2v) is 10.0. The Morgan fingerprint density at radius 3 is 2.77 bits per heavy atom. The van der Waals surface area contributed by atoms with Gasteiger partial charge in [-0.15, -0.1) is 0 Å². The van der Waals surface area contributed by atoms with E-state index in [1.165, 1.54) is 7.11 Å². The number of hydrogen-bond acceptors (Lipinski definition) is 7. The van der Waals surface area contributed by atoms with E-state index in [-0.39, 0.29) is 29.8 Å². The highest BCUT2D eigenvalue weighted by Gasteiger charge is 2.26. The maximum atomic E-state index is 12.7. The van der Waals surface area contributed by atoms with E-state index >= 15 is 0 Å². The molecule has 0 fully saturated rings. The minimum Gasteiger partial charge on any atom is -0.482 e. The molecule has 0 bridgehead atoms. The molecular weight excluding hydrogens is 470 g/mol. The fourth-order valence-corrected chi connectivity index (χ4v) is 5.10. The number of unbranched alkanes of at least 4 members (excludes halogenated alkanes) is 1. The summed E-state index contributed by atoms with van der Waals surface area (Å²) in [4.78, 5) is 18.7. The third kappa shape index (κ3) is 5.91. The third-order valence-electron chi connectivity index (χ3n) is 5.64. The van der Waals surface area contributed by atoms with E-state index in [2.05, 4.69) is 14.8 Å². The molecular formula is C24H29N5O5S. The smallest absolute Gasteiger partial charge is 0.265 e. The Hall–Kier alpha value is -3.60. The zero-order valence-electron chi connectivity index (χ0n) is 19.8. The summed E-state index contributed by atoms with van der Waals surface area (Å²) in [6, 6.07) is 9.08. The van der Waals surface area contributed by atoms with Crippen molar-refractivity contribution in [2.45, 2.75) is 32.7 Å². The van der Waals surface area contributed by atoms with E-state index < -0.39 is 10.0 Å². The van der Waals surface area contributed by atoms with Crippen LogP contribution in [0.25, 0.3) is 11.1 Å². The van der Waals surface area contributed by atoms with Crippen LogP contribution in [0.1, 0.15) is 26.2 Å². The number of sulfonamides is 1. The van der Waals surface area contributed by atoms with E-state index in [1.54, 1.807) is 23.4 Å². The average molecular weight is 500 g/mol. The quantitative estimate of drug-likeness (QED) is 0.430. The molecule has 35 heavy (non-hydrogen) atoms. The molecule has 0 atom stereocenters. The first kappa shape index (κ1) is 24.5. The topological polar surface area (TPSA) is 116 Å². The van der Waals surface area contributed by atoms with Crippen molar-refractivity contribution >= 4 is 27.3 Å². The van der Waals surface area contributed by atoms with Crippen molar-refractivity contribution in [2.75, 3.05) is 35.6 Å². The number of fused-ring (bicyclic) bond motifs is 1. The van der Waals surface area contributed by atoms with Gasteiger partial charge < -0.3 is 14.4 Å². The number of nitrogens with one attached hydrogen (secondary N) is 1. The van der Waals surface area contributed by atoms with E-state index in [1.807, 2.05) is 42.1 Å². The molecule has 0 aliphatic carbocycles. The minimum absolute atomic E-state index is 0.0120. The number of anilines is 2. The molecule has 3 heterocycles.